The Morgan fingerprint density at radius 3 is 2.95 bits per heavy atom. The molecule has 2 heterocycles. The van der Waals surface area contributed by atoms with Crippen LogP contribution in [0.15, 0.2) is 23.2 Å². The first-order valence-electron chi connectivity index (χ1n) is 6.55. The fourth-order valence-corrected chi connectivity index (χ4v) is 4.29. The number of carboxylic acid groups (broad SMARTS) is 1. The van der Waals surface area contributed by atoms with Crippen LogP contribution in [0.1, 0.15) is 31.4 Å². The van der Waals surface area contributed by atoms with E-state index in [0.29, 0.717) is 12.8 Å². The Labute approximate surface area is 122 Å². The number of carbonyl (C=O) groups is 1. The molecule has 8 heteroatoms. The normalized spacial score (nSPS) is 19.9. The molecule has 1 N–H and O–H groups in total. The molecule has 0 amide bonds. The van der Waals surface area contributed by atoms with Crippen molar-refractivity contribution < 1.29 is 18.3 Å². The van der Waals surface area contributed by atoms with E-state index in [1.165, 1.54) is 22.6 Å². The van der Waals surface area contributed by atoms with Gasteiger partial charge in [0.25, 0.3) is 0 Å². The summed E-state index contributed by atoms with van der Waals surface area (Å²) in [5, 5.41) is 17.9. The zero-order valence-electron chi connectivity index (χ0n) is 11.3. The predicted octanol–water partition coefficient (Wildman–Crippen LogP) is 0.971. The van der Waals surface area contributed by atoms with Crippen molar-refractivity contribution in [1.82, 2.24) is 9.29 Å². The summed E-state index contributed by atoms with van der Waals surface area (Å²) >= 11 is 0. The third-order valence-corrected chi connectivity index (χ3v) is 5.43. The number of hydrogen-bond donors (Lipinski definition) is 1. The summed E-state index contributed by atoms with van der Waals surface area (Å²) < 4.78 is 26.6. The van der Waals surface area contributed by atoms with Crippen LogP contribution >= 0.6 is 0 Å². The summed E-state index contributed by atoms with van der Waals surface area (Å²) in [6, 6.07) is 3.96. The molecule has 1 fully saturated rings. The summed E-state index contributed by atoms with van der Waals surface area (Å²) in [7, 11) is -3.91. The van der Waals surface area contributed by atoms with E-state index in [1.54, 1.807) is 6.07 Å². The van der Waals surface area contributed by atoms with Gasteiger partial charge >= 0.3 is 5.97 Å². The Balaban J connectivity index is 2.41. The Morgan fingerprint density at radius 1 is 1.52 bits per heavy atom. The van der Waals surface area contributed by atoms with E-state index in [4.69, 9.17) is 10.4 Å². The van der Waals surface area contributed by atoms with E-state index in [-0.39, 0.29) is 23.6 Å². The molecule has 1 aliphatic rings. The van der Waals surface area contributed by atoms with Gasteiger partial charge in [0.05, 0.1) is 6.42 Å². The number of nitriles is 1. The molecule has 112 valence electrons. The number of hydrogen-bond acceptors (Lipinski definition) is 5. The van der Waals surface area contributed by atoms with Crippen molar-refractivity contribution in [3.05, 3.63) is 24.0 Å². The Kier molecular flexibility index (Phi) is 4.55. The molecule has 1 atom stereocenters. The van der Waals surface area contributed by atoms with Crippen LogP contribution in [0, 0.1) is 11.3 Å². The second kappa shape index (κ2) is 6.20. The average Bonchev–Trinajstić information content (AvgIpc) is 2.47. The smallest absolute Gasteiger partial charge is 0.304 e. The lowest BCUT2D eigenvalue weighted by atomic mass is 10.0. The highest BCUT2D eigenvalue weighted by Gasteiger charge is 2.36. The summed E-state index contributed by atoms with van der Waals surface area (Å²) in [5.74, 6) is -1.03. The fourth-order valence-electron chi connectivity index (χ4n) is 2.51. The van der Waals surface area contributed by atoms with Gasteiger partial charge in [0.2, 0.25) is 10.0 Å². The minimum Gasteiger partial charge on any atom is -0.481 e. The SMILES string of the molecule is N#Cc1ncccc1S(=O)(=O)N1CCCCC1CC(=O)O. The van der Waals surface area contributed by atoms with Crippen molar-refractivity contribution in [1.29, 1.82) is 5.26 Å². The van der Waals surface area contributed by atoms with Gasteiger partial charge in [-0.3, -0.25) is 4.79 Å². The van der Waals surface area contributed by atoms with Gasteiger partial charge in [0.1, 0.15) is 11.0 Å². The van der Waals surface area contributed by atoms with Crippen LogP contribution in [-0.4, -0.2) is 41.4 Å². The summed E-state index contributed by atoms with van der Waals surface area (Å²) in [5.41, 5.74) is -0.169. The molecule has 0 spiro atoms. The molecule has 1 saturated heterocycles. The zero-order valence-corrected chi connectivity index (χ0v) is 12.1. The molecular formula is C13H15N3O4S. The van der Waals surface area contributed by atoms with Crippen LogP contribution < -0.4 is 0 Å². The third-order valence-electron chi connectivity index (χ3n) is 3.45. The number of sulfonamides is 1. The van der Waals surface area contributed by atoms with Crippen molar-refractivity contribution in [2.45, 2.75) is 36.6 Å². The number of piperidine rings is 1. The quantitative estimate of drug-likeness (QED) is 0.887. The largest absolute Gasteiger partial charge is 0.481 e. The Bertz CT molecular complexity index is 681. The molecule has 0 saturated carbocycles. The van der Waals surface area contributed by atoms with Gasteiger partial charge < -0.3 is 5.11 Å². The van der Waals surface area contributed by atoms with Crippen molar-refractivity contribution in [2.24, 2.45) is 0 Å². The highest BCUT2D eigenvalue weighted by atomic mass is 32.2. The lowest BCUT2D eigenvalue weighted by molar-refractivity contribution is -0.138. The van der Waals surface area contributed by atoms with E-state index in [1.807, 2.05) is 0 Å². The van der Waals surface area contributed by atoms with Gasteiger partial charge in [-0.25, -0.2) is 13.4 Å². The maximum absolute atomic E-state index is 12.7. The van der Waals surface area contributed by atoms with Gasteiger partial charge in [-0.15, -0.1) is 0 Å². The molecule has 1 aromatic heterocycles. The first-order valence-corrected chi connectivity index (χ1v) is 7.99. The second-order valence-corrected chi connectivity index (χ2v) is 6.68. The minimum absolute atomic E-state index is 0.162. The second-order valence-electron chi connectivity index (χ2n) is 4.83. The lowest BCUT2D eigenvalue weighted by Crippen LogP contribution is -2.44. The first kappa shape index (κ1) is 15.4. The van der Waals surface area contributed by atoms with Crippen LogP contribution in [0.2, 0.25) is 0 Å². The van der Waals surface area contributed by atoms with Crippen LogP contribution in [0.4, 0.5) is 0 Å². The Morgan fingerprint density at radius 2 is 2.29 bits per heavy atom. The average molecular weight is 309 g/mol. The van der Waals surface area contributed by atoms with E-state index in [9.17, 15) is 13.2 Å². The fraction of sp³-hybridized carbons (Fsp3) is 0.462. The van der Waals surface area contributed by atoms with Crippen LogP contribution in [0.3, 0.4) is 0 Å². The number of carboxylic acids is 1. The summed E-state index contributed by atoms with van der Waals surface area (Å²) in [6.45, 7) is 0.264. The third kappa shape index (κ3) is 3.20. The van der Waals surface area contributed by atoms with Crippen molar-refractivity contribution in [2.75, 3.05) is 6.54 Å². The summed E-state index contributed by atoms with van der Waals surface area (Å²) in [6.07, 6.45) is 3.09. The number of aromatic nitrogens is 1. The first-order chi connectivity index (χ1) is 9.96. The molecule has 21 heavy (non-hydrogen) atoms. The van der Waals surface area contributed by atoms with Crippen molar-refractivity contribution in [3.63, 3.8) is 0 Å². The Hall–Kier alpha value is -1.98. The molecule has 0 aromatic carbocycles. The number of pyridine rings is 1. The van der Waals surface area contributed by atoms with Crippen molar-refractivity contribution in [3.8, 4) is 6.07 Å². The van der Waals surface area contributed by atoms with Gasteiger partial charge in [0, 0.05) is 18.8 Å². The molecule has 1 aromatic rings. The highest BCUT2D eigenvalue weighted by molar-refractivity contribution is 7.89. The molecule has 1 unspecified atom stereocenters. The summed E-state index contributed by atoms with van der Waals surface area (Å²) in [4.78, 5) is 14.5. The van der Waals surface area contributed by atoms with Gasteiger partial charge in [-0.05, 0) is 25.0 Å². The van der Waals surface area contributed by atoms with E-state index in [0.717, 1.165) is 6.42 Å². The van der Waals surface area contributed by atoms with Gasteiger partial charge in [-0.2, -0.15) is 9.57 Å². The van der Waals surface area contributed by atoms with Crippen LogP contribution in [0.25, 0.3) is 0 Å². The standard InChI is InChI=1S/C13H15N3O4S/c14-9-11-12(5-3-6-15-11)21(19,20)16-7-2-1-4-10(16)8-13(17)18/h3,5-6,10H,1-2,4,7-8H2,(H,17,18). The molecule has 0 bridgehead atoms. The van der Waals surface area contributed by atoms with Crippen molar-refractivity contribution >= 4 is 16.0 Å². The molecule has 2 rings (SSSR count). The molecule has 0 aliphatic carbocycles. The van der Waals surface area contributed by atoms with Gasteiger partial charge in [-0.1, -0.05) is 6.42 Å². The number of rotatable bonds is 4. The van der Waals surface area contributed by atoms with Crippen LogP contribution in [0.5, 0.6) is 0 Å². The maximum atomic E-state index is 12.7. The van der Waals surface area contributed by atoms with E-state index >= 15 is 0 Å². The molecular weight excluding hydrogens is 294 g/mol. The topological polar surface area (TPSA) is 111 Å². The predicted molar refractivity (Wildman–Crippen MR) is 72.7 cm³/mol. The van der Waals surface area contributed by atoms with E-state index in [2.05, 4.69) is 4.98 Å². The lowest BCUT2D eigenvalue weighted by Gasteiger charge is -2.33. The maximum Gasteiger partial charge on any atom is 0.304 e. The molecule has 0 radical (unpaired) electrons. The van der Waals surface area contributed by atoms with E-state index < -0.39 is 22.0 Å². The molecule has 7 nitrogen and oxygen atoms in total. The van der Waals surface area contributed by atoms with Gasteiger partial charge in [0.15, 0.2) is 5.69 Å². The van der Waals surface area contributed by atoms with Crippen LogP contribution in [-0.2, 0) is 14.8 Å². The highest BCUT2D eigenvalue weighted by Crippen LogP contribution is 2.28. The molecule has 1 aliphatic heterocycles. The monoisotopic (exact) mass is 309 g/mol. The zero-order chi connectivity index (χ0) is 15.5. The number of nitrogens with zero attached hydrogens (tertiary/aromatic N) is 3. The number of aliphatic carboxylic acids is 1. The minimum atomic E-state index is -3.91.